The number of nitrogens with zero attached hydrogens (tertiary/aromatic N) is 6. The van der Waals surface area contributed by atoms with Crippen LogP contribution in [0.5, 0.6) is 0 Å². The Morgan fingerprint density at radius 1 is 1.20 bits per heavy atom. The number of aromatic nitrogens is 7. The molecule has 1 aliphatic carbocycles. The van der Waals surface area contributed by atoms with Gasteiger partial charge in [0.05, 0.1) is 31.6 Å². The molecule has 1 saturated heterocycles. The third kappa shape index (κ3) is 5.83. The van der Waals surface area contributed by atoms with Gasteiger partial charge in [-0.15, -0.1) is 15.3 Å². The van der Waals surface area contributed by atoms with Gasteiger partial charge in [-0.1, -0.05) is 29.5 Å². The summed E-state index contributed by atoms with van der Waals surface area (Å²) in [7, 11) is -5.15. The molecule has 0 spiro atoms. The molecule has 17 nitrogen and oxygen atoms in total. The number of aliphatic hydroxyl groups excluding tert-OH is 3. The van der Waals surface area contributed by atoms with E-state index < -0.39 is 57.2 Å². The lowest BCUT2D eigenvalue weighted by Gasteiger charge is -2.33. The monoisotopic (exact) mass is 652 g/mol. The second kappa shape index (κ2) is 12.4. The Labute approximate surface area is 254 Å². The van der Waals surface area contributed by atoms with E-state index in [-0.39, 0.29) is 23.8 Å². The van der Waals surface area contributed by atoms with E-state index in [1.165, 1.54) is 15.6 Å². The van der Waals surface area contributed by atoms with Crippen LogP contribution in [0.15, 0.2) is 36.4 Å². The minimum Gasteiger partial charge on any atom is -0.393 e. The largest absolute Gasteiger partial charge is 0.393 e. The second-order valence-electron chi connectivity index (χ2n) is 10.6. The van der Waals surface area contributed by atoms with Crippen LogP contribution in [0.3, 0.4) is 0 Å². The number of nitrogens with one attached hydrogen (secondary N) is 2. The minimum absolute atomic E-state index is 0.00740. The predicted octanol–water partition coefficient (Wildman–Crippen LogP) is 0.257. The summed E-state index contributed by atoms with van der Waals surface area (Å²) >= 11 is 6.29. The Morgan fingerprint density at radius 2 is 2.02 bits per heavy atom. The first-order valence-corrected chi connectivity index (χ1v) is 15.6. The van der Waals surface area contributed by atoms with Crippen LogP contribution in [0.4, 0.5) is 5.82 Å². The number of aliphatic hydroxyl groups is 3. The fourth-order valence-corrected chi connectivity index (χ4v) is 6.34. The summed E-state index contributed by atoms with van der Waals surface area (Å²) in [4.78, 5) is 24.4. The topological polar surface area (TPSA) is 243 Å². The maximum absolute atomic E-state index is 12.4. The van der Waals surface area contributed by atoms with Crippen molar-refractivity contribution in [3.63, 3.8) is 0 Å². The molecule has 4 heterocycles. The van der Waals surface area contributed by atoms with Crippen LogP contribution < -0.4 is 5.32 Å². The molecule has 1 aromatic carbocycles. The van der Waals surface area contributed by atoms with Gasteiger partial charge in [0.2, 0.25) is 10.6 Å². The first-order valence-electron chi connectivity index (χ1n) is 13.6. The van der Waals surface area contributed by atoms with Crippen LogP contribution >= 0.6 is 19.2 Å². The van der Waals surface area contributed by atoms with Crippen molar-refractivity contribution in [2.75, 3.05) is 25.1 Å². The van der Waals surface area contributed by atoms with E-state index in [9.17, 15) is 29.7 Å². The number of hydrogen-bond acceptors (Lipinski definition) is 13. The van der Waals surface area contributed by atoms with Crippen LogP contribution in [-0.2, 0) is 31.8 Å². The van der Waals surface area contributed by atoms with E-state index in [4.69, 9.17) is 25.8 Å². The van der Waals surface area contributed by atoms with Gasteiger partial charge in [0, 0.05) is 0 Å². The van der Waals surface area contributed by atoms with Crippen molar-refractivity contribution in [1.82, 2.24) is 35.2 Å². The number of benzene rings is 1. The summed E-state index contributed by atoms with van der Waals surface area (Å²) in [5, 5.41) is 49.8. The van der Waals surface area contributed by atoms with Gasteiger partial charge in [-0.2, -0.15) is 10.2 Å². The van der Waals surface area contributed by atoms with Gasteiger partial charge in [0.15, 0.2) is 11.6 Å². The van der Waals surface area contributed by atoms with Crippen molar-refractivity contribution in [1.29, 1.82) is 0 Å². The molecule has 0 unspecified atom stereocenters. The summed E-state index contributed by atoms with van der Waals surface area (Å²) in [5.41, 5.74) is 3.32. The van der Waals surface area contributed by atoms with Gasteiger partial charge in [0.25, 0.3) is 0 Å². The molecule has 236 valence electrons. The number of halogens is 1. The highest BCUT2D eigenvalue weighted by Crippen LogP contribution is 2.52. The van der Waals surface area contributed by atoms with E-state index in [0.717, 1.165) is 12.8 Å². The van der Waals surface area contributed by atoms with E-state index in [1.807, 2.05) is 12.1 Å². The van der Waals surface area contributed by atoms with Crippen molar-refractivity contribution in [2.45, 2.75) is 55.2 Å². The van der Waals surface area contributed by atoms with Gasteiger partial charge in [0.1, 0.15) is 36.5 Å². The number of H-pyrrole nitrogens is 1. The first-order chi connectivity index (χ1) is 21.1. The molecule has 1 fully saturated rings. The molecule has 0 radical (unpaired) electrons. The molecule has 0 bridgehead atoms. The highest BCUT2D eigenvalue weighted by Gasteiger charge is 2.51. The van der Waals surface area contributed by atoms with E-state index >= 15 is 0 Å². The maximum Gasteiger partial charge on any atom is 0.361 e. The first kappa shape index (κ1) is 30.9. The van der Waals surface area contributed by atoms with Crippen LogP contribution in [0, 0.1) is 0 Å². The zero-order valence-corrected chi connectivity index (χ0v) is 24.6. The van der Waals surface area contributed by atoms with Crippen LogP contribution in [0.25, 0.3) is 5.52 Å². The lowest BCUT2D eigenvalue weighted by Crippen LogP contribution is -2.45. The SMILES string of the molecule is O=P(O)(O)[C@@](CO)(COCc1nn[nH]n1)OC[C@H]1O[C@@H](c2ccc3c(N[C@@H]4CCc5ccccc54)nc(Cl)nn23)[C@H](O)[C@@H]1O. The van der Waals surface area contributed by atoms with Crippen LogP contribution in [0.1, 0.15) is 41.2 Å². The zero-order valence-electron chi connectivity index (χ0n) is 23.0. The number of anilines is 1. The Kier molecular flexibility index (Phi) is 8.69. The molecule has 4 aromatic rings. The molecule has 44 heavy (non-hydrogen) atoms. The van der Waals surface area contributed by atoms with Gasteiger partial charge >= 0.3 is 7.60 Å². The minimum atomic E-state index is -5.15. The second-order valence-corrected chi connectivity index (χ2v) is 12.8. The van der Waals surface area contributed by atoms with Crippen molar-refractivity contribution >= 4 is 30.5 Å². The van der Waals surface area contributed by atoms with Crippen LogP contribution in [0.2, 0.25) is 5.28 Å². The highest BCUT2D eigenvalue weighted by atomic mass is 35.5. The third-order valence-corrected chi connectivity index (χ3v) is 9.48. The fraction of sp³-hybridized carbons (Fsp3) is 0.480. The highest BCUT2D eigenvalue weighted by molar-refractivity contribution is 7.53. The van der Waals surface area contributed by atoms with Crippen LogP contribution in [-0.4, -0.2) is 104 Å². The molecule has 6 atom stereocenters. The van der Waals surface area contributed by atoms with E-state index in [0.29, 0.717) is 17.0 Å². The predicted molar refractivity (Wildman–Crippen MR) is 150 cm³/mol. The number of aromatic amines is 1. The molecule has 19 heteroatoms. The standard InChI is InChI=1S/C25H30ClN8O9P/c26-24-28-23(27-15-6-5-13-3-1-2-4-14(13)15)17-8-7-16(34(17)31-24)22-21(37)20(36)18(43-22)9-42-25(11-35,44(38,39)40)12-41-10-19-29-32-33-30-19/h1-4,7-8,15,18,20-22,35-37H,5-6,9-12H2,(H,27,28,31)(H2,38,39,40)(H,29,30,32,33)/t15-,18-,20-,21-,22+,25+/m1/s1. The normalized spacial score (nSPS) is 24.9. The summed E-state index contributed by atoms with van der Waals surface area (Å²) in [5.74, 6) is 0.582. The van der Waals surface area contributed by atoms with Crippen molar-refractivity contribution in [2.24, 2.45) is 0 Å². The average molecular weight is 653 g/mol. The number of fused-ring (bicyclic) bond motifs is 2. The number of hydrogen-bond donors (Lipinski definition) is 7. The summed E-state index contributed by atoms with van der Waals surface area (Å²) in [6, 6.07) is 11.5. The Balaban J connectivity index is 1.19. The fourth-order valence-electron chi connectivity index (χ4n) is 5.49. The van der Waals surface area contributed by atoms with Crippen molar-refractivity contribution in [3.8, 4) is 0 Å². The molecule has 6 rings (SSSR count). The Morgan fingerprint density at radius 3 is 2.77 bits per heavy atom. The number of ether oxygens (including phenoxy) is 3. The van der Waals surface area contributed by atoms with Gasteiger partial charge < -0.3 is 44.6 Å². The summed E-state index contributed by atoms with van der Waals surface area (Å²) < 4.78 is 30.6. The quantitative estimate of drug-likeness (QED) is 0.101. The van der Waals surface area contributed by atoms with E-state index in [1.54, 1.807) is 12.1 Å². The lowest BCUT2D eigenvalue weighted by atomic mass is 10.1. The smallest absolute Gasteiger partial charge is 0.361 e. The summed E-state index contributed by atoms with van der Waals surface area (Å²) in [6.07, 6.45) is -3.58. The maximum atomic E-state index is 12.4. The zero-order chi connectivity index (χ0) is 31.1. The summed E-state index contributed by atoms with van der Waals surface area (Å²) in [6.45, 7) is -2.77. The molecule has 0 saturated carbocycles. The Bertz CT molecular complexity index is 1660. The van der Waals surface area contributed by atoms with E-state index in [2.05, 4.69) is 48.2 Å². The number of tetrazole rings is 1. The van der Waals surface area contributed by atoms with Gasteiger partial charge in [-0.05, 0) is 47.7 Å². The van der Waals surface area contributed by atoms with Crippen molar-refractivity contribution < 1.29 is 43.9 Å². The number of rotatable bonds is 12. The van der Waals surface area contributed by atoms with Gasteiger partial charge in [-0.3, -0.25) is 4.57 Å². The molecule has 3 aromatic heterocycles. The molecule has 1 aliphatic heterocycles. The molecule has 7 N–H and O–H groups in total. The Hall–Kier alpha value is -3.09. The van der Waals surface area contributed by atoms with Crippen molar-refractivity contribution in [3.05, 3.63) is 64.3 Å². The molecular formula is C25H30ClN8O9P. The lowest BCUT2D eigenvalue weighted by molar-refractivity contribution is -0.126. The molecular weight excluding hydrogens is 623 g/mol. The third-order valence-electron chi connectivity index (χ3n) is 7.85. The molecule has 0 amide bonds. The molecule has 2 aliphatic rings. The number of aryl methyl sites for hydroxylation is 1. The van der Waals surface area contributed by atoms with Gasteiger partial charge in [-0.25, -0.2) is 4.52 Å². The average Bonchev–Trinajstić information content (AvgIpc) is 3.79.